The van der Waals surface area contributed by atoms with Gasteiger partial charge in [0.25, 0.3) is 0 Å². The third kappa shape index (κ3) is 2.38. The second-order valence-electron chi connectivity index (χ2n) is 3.35. The molecule has 0 fully saturated rings. The van der Waals surface area contributed by atoms with E-state index in [9.17, 15) is 0 Å². The lowest BCUT2D eigenvalue weighted by molar-refractivity contribution is 0.287. The van der Waals surface area contributed by atoms with Gasteiger partial charge >= 0.3 is 0 Å². The molecule has 1 nitrogen and oxygen atoms in total. The lowest BCUT2D eigenvalue weighted by Crippen LogP contribution is -2.22. The fraction of sp³-hybridized carbons (Fsp3) is 0.385. The van der Waals surface area contributed by atoms with E-state index in [2.05, 4.69) is 55.7 Å². The fourth-order valence-electron chi connectivity index (χ4n) is 1.81. The Hall–Kier alpha value is -1.24. The summed E-state index contributed by atoms with van der Waals surface area (Å²) in [6.45, 7) is 9.24. The lowest BCUT2D eigenvalue weighted by Gasteiger charge is -2.28. The zero-order valence-electron chi connectivity index (χ0n) is 9.11. The summed E-state index contributed by atoms with van der Waals surface area (Å²) in [5, 5.41) is 0. The van der Waals surface area contributed by atoms with Crippen LogP contribution in [0.1, 0.15) is 31.9 Å². The van der Waals surface area contributed by atoms with E-state index >= 15 is 0 Å². The highest BCUT2D eigenvalue weighted by Crippen LogP contribution is 2.23. The van der Waals surface area contributed by atoms with Crippen LogP contribution in [0.5, 0.6) is 0 Å². The van der Waals surface area contributed by atoms with Gasteiger partial charge in [-0.25, -0.2) is 0 Å². The van der Waals surface area contributed by atoms with E-state index in [0.717, 1.165) is 13.0 Å². The van der Waals surface area contributed by atoms with Gasteiger partial charge in [0.05, 0.1) is 6.04 Å². The molecular weight excluding hydrogens is 170 g/mol. The van der Waals surface area contributed by atoms with Gasteiger partial charge in [0.15, 0.2) is 0 Å². The van der Waals surface area contributed by atoms with Gasteiger partial charge < -0.3 is 4.90 Å². The Morgan fingerprint density at radius 2 is 1.93 bits per heavy atom. The zero-order valence-corrected chi connectivity index (χ0v) is 9.11. The molecule has 0 aliphatic rings. The third-order valence-corrected chi connectivity index (χ3v) is 2.57. The van der Waals surface area contributed by atoms with Crippen molar-refractivity contribution in [3.63, 3.8) is 0 Å². The summed E-state index contributed by atoms with van der Waals surface area (Å²) in [6, 6.07) is 11.1. The molecule has 76 valence electrons. The number of nitrogens with zero attached hydrogens (tertiary/aromatic N) is 1. The summed E-state index contributed by atoms with van der Waals surface area (Å²) in [5.41, 5.74) is 1.37. The zero-order chi connectivity index (χ0) is 10.4. The molecule has 1 unspecified atom stereocenters. The molecule has 1 heteroatoms. The summed E-state index contributed by atoms with van der Waals surface area (Å²) in [7, 11) is 0. The fourth-order valence-corrected chi connectivity index (χ4v) is 1.81. The molecule has 1 rings (SSSR count). The first-order chi connectivity index (χ1) is 6.83. The van der Waals surface area contributed by atoms with Crippen molar-refractivity contribution in [1.82, 2.24) is 4.90 Å². The molecule has 0 N–H and O–H groups in total. The molecular formula is C13H19N. The van der Waals surface area contributed by atoms with Gasteiger partial charge in [-0.1, -0.05) is 43.8 Å². The van der Waals surface area contributed by atoms with E-state index in [4.69, 9.17) is 0 Å². The highest BCUT2D eigenvalue weighted by atomic mass is 15.1. The van der Waals surface area contributed by atoms with Crippen LogP contribution in [0.4, 0.5) is 0 Å². The van der Waals surface area contributed by atoms with Crippen LogP contribution < -0.4 is 0 Å². The van der Waals surface area contributed by atoms with E-state index < -0.39 is 0 Å². The highest BCUT2D eigenvalue weighted by molar-refractivity contribution is 5.19. The maximum Gasteiger partial charge on any atom is 0.0533 e. The normalized spacial score (nSPS) is 12.1. The largest absolute Gasteiger partial charge is 0.371 e. The Bertz CT molecular complexity index is 266. The Balaban J connectivity index is 2.86. The lowest BCUT2D eigenvalue weighted by atomic mass is 10.0. The first-order valence-electron chi connectivity index (χ1n) is 5.26. The number of hydrogen-bond donors (Lipinski definition) is 0. The Kier molecular flexibility index (Phi) is 4.24. The number of hydrogen-bond acceptors (Lipinski definition) is 1. The van der Waals surface area contributed by atoms with Crippen LogP contribution in [0.25, 0.3) is 0 Å². The standard InChI is InChI=1S/C13H19N/c1-4-13(14(5-2)6-3)12-10-8-7-9-11-12/h5,7-11,13H,2,4,6H2,1,3H3. The van der Waals surface area contributed by atoms with Crippen molar-refractivity contribution in [3.05, 3.63) is 48.7 Å². The smallest absolute Gasteiger partial charge is 0.0533 e. The van der Waals surface area contributed by atoms with Crippen molar-refractivity contribution in [2.75, 3.05) is 6.54 Å². The van der Waals surface area contributed by atoms with Gasteiger partial charge in [0, 0.05) is 6.54 Å². The van der Waals surface area contributed by atoms with Gasteiger partial charge in [-0.3, -0.25) is 0 Å². The molecule has 0 aliphatic heterocycles. The molecule has 0 aliphatic carbocycles. The van der Waals surface area contributed by atoms with Gasteiger partial charge in [-0.05, 0) is 25.1 Å². The summed E-state index contributed by atoms with van der Waals surface area (Å²) >= 11 is 0. The van der Waals surface area contributed by atoms with Crippen LogP contribution in [0.2, 0.25) is 0 Å². The van der Waals surface area contributed by atoms with Crippen molar-refractivity contribution in [3.8, 4) is 0 Å². The van der Waals surface area contributed by atoms with E-state index in [1.807, 2.05) is 6.20 Å². The highest BCUT2D eigenvalue weighted by Gasteiger charge is 2.12. The second-order valence-corrected chi connectivity index (χ2v) is 3.35. The SMILES string of the molecule is C=CN(CC)C(CC)c1ccccc1. The summed E-state index contributed by atoms with van der Waals surface area (Å²) in [6.07, 6.45) is 3.05. The molecule has 1 aromatic rings. The third-order valence-electron chi connectivity index (χ3n) is 2.57. The molecule has 0 amide bonds. The number of rotatable bonds is 5. The average molecular weight is 189 g/mol. The number of benzene rings is 1. The summed E-state index contributed by atoms with van der Waals surface area (Å²) in [5.74, 6) is 0. The van der Waals surface area contributed by atoms with Gasteiger partial charge in [-0.15, -0.1) is 0 Å². The minimum Gasteiger partial charge on any atom is -0.371 e. The van der Waals surface area contributed by atoms with Crippen LogP contribution in [0.15, 0.2) is 43.1 Å². The molecule has 0 radical (unpaired) electrons. The minimum absolute atomic E-state index is 0.471. The first-order valence-corrected chi connectivity index (χ1v) is 5.26. The summed E-state index contributed by atoms with van der Waals surface area (Å²) in [4.78, 5) is 2.27. The predicted octanol–water partition coefficient (Wildman–Crippen LogP) is 3.60. The minimum atomic E-state index is 0.471. The topological polar surface area (TPSA) is 3.24 Å². The summed E-state index contributed by atoms with van der Waals surface area (Å²) < 4.78 is 0. The Labute approximate surface area is 87.1 Å². The molecule has 0 saturated carbocycles. The second kappa shape index (κ2) is 5.48. The van der Waals surface area contributed by atoms with Crippen molar-refractivity contribution < 1.29 is 0 Å². The van der Waals surface area contributed by atoms with Crippen LogP contribution in [0, 0.1) is 0 Å². The van der Waals surface area contributed by atoms with Gasteiger partial charge in [-0.2, -0.15) is 0 Å². The Morgan fingerprint density at radius 1 is 1.29 bits per heavy atom. The van der Waals surface area contributed by atoms with Crippen molar-refractivity contribution in [2.45, 2.75) is 26.3 Å². The van der Waals surface area contributed by atoms with E-state index in [1.165, 1.54) is 5.56 Å². The molecule has 0 heterocycles. The monoisotopic (exact) mass is 189 g/mol. The van der Waals surface area contributed by atoms with Gasteiger partial charge in [0.1, 0.15) is 0 Å². The van der Waals surface area contributed by atoms with E-state index in [1.54, 1.807) is 0 Å². The molecule has 0 bridgehead atoms. The van der Waals surface area contributed by atoms with E-state index in [0.29, 0.717) is 6.04 Å². The molecule has 0 spiro atoms. The van der Waals surface area contributed by atoms with E-state index in [-0.39, 0.29) is 0 Å². The Morgan fingerprint density at radius 3 is 2.36 bits per heavy atom. The quantitative estimate of drug-likeness (QED) is 0.684. The maximum atomic E-state index is 3.85. The van der Waals surface area contributed by atoms with Crippen molar-refractivity contribution in [2.24, 2.45) is 0 Å². The predicted molar refractivity (Wildman–Crippen MR) is 62.1 cm³/mol. The molecule has 0 aromatic heterocycles. The van der Waals surface area contributed by atoms with Crippen molar-refractivity contribution >= 4 is 0 Å². The van der Waals surface area contributed by atoms with Gasteiger partial charge in [0.2, 0.25) is 0 Å². The molecule has 14 heavy (non-hydrogen) atoms. The molecule has 1 aromatic carbocycles. The first kappa shape index (κ1) is 10.8. The van der Waals surface area contributed by atoms with Crippen LogP contribution in [0.3, 0.4) is 0 Å². The average Bonchev–Trinajstić information content (AvgIpc) is 2.27. The maximum absolute atomic E-state index is 3.85. The molecule has 1 atom stereocenters. The van der Waals surface area contributed by atoms with Crippen molar-refractivity contribution in [1.29, 1.82) is 0 Å². The van der Waals surface area contributed by atoms with Crippen LogP contribution in [-0.4, -0.2) is 11.4 Å². The van der Waals surface area contributed by atoms with Crippen LogP contribution >= 0.6 is 0 Å². The molecule has 0 saturated heterocycles. The van der Waals surface area contributed by atoms with Crippen LogP contribution in [-0.2, 0) is 0 Å².